The van der Waals surface area contributed by atoms with Crippen LogP contribution in [0.1, 0.15) is 44.9 Å². The molecular formula is C21H32F2N4O4S. The predicted molar refractivity (Wildman–Crippen MR) is 118 cm³/mol. The Kier molecular flexibility index (Phi) is 8.43. The zero-order valence-electron chi connectivity index (χ0n) is 18.0. The van der Waals surface area contributed by atoms with Crippen LogP contribution in [-0.4, -0.2) is 57.6 Å². The van der Waals surface area contributed by atoms with Gasteiger partial charge in [-0.3, -0.25) is 4.79 Å². The third-order valence-electron chi connectivity index (χ3n) is 6.30. The number of hydrogen-bond acceptors (Lipinski definition) is 6. The minimum absolute atomic E-state index is 0.110. The molecular weight excluding hydrogens is 442 g/mol. The maximum atomic E-state index is 12.7. The maximum Gasteiger partial charge on any atom is 0.251 e. The second kappa shape index (κ2) is 10.9. The maximum absolute atomic E-state index is 12.7. The number of alkyl halides is 2. The summed E-state index contributed by atoms with van der Waals surface area (Å²) >= 11 is 0. The lowest BCUT2D eigenvalue weighted by Gasteiger charge is -2.29. The average Bonchev–Trinajstić information content (AvgIpc) is 3.26. The molecule has 0 radical (unpaired) electrons. The minimum Gasteiger partial charge on any atom is -0.394 e. The highest BCUT2D eigenvalue weighted by Gasteiger charge is 2.31. The first kappa shape index (κ1) is 24.8. The fourth-order valence-electron chi connectivity index (χ4n) is 4.57. The number of nitrogens with zero attached hydrogens (tertiary/aromatic N) is 1. The molecule has 1 amide bonds. The number of hydrogen-bond donors (Lipinski definition) is 4. The molecule has 1 aliphatic carbocycles. The molecule has 1 aromatic carbocycles. The van der Waals surface area contributed by atoms with Crippen molar-refractivity contribution in [3.63, 3.8) is 0 Å². The first-order valence-corrected chi connectivity index (χ1v) is 12.6. The SMILES string of the molecule is N[C@H](C(=O)Nc1ccc(S(=O)(=O)NCC(F)F)c(N2CCC[C@@H]2CO)c1)C1CCCCC1. The lowest BCUT2D eigenvalue weighted by atomic mass is 9.84. The van der Waals surface area contributed by atoms with E-state index in [2.05, 4.69) is 5.32 Å². The number of carbonyl (C=O) groups is 1. The van der Waals surface area contributed by atoms with Gasteiger partial charge in [0.05, 0.1) is 30.9 Å². The molecule has 0 spiro atoms. The summed E-state index contributed by atoms with van der Waals surface area (Å²) in [5.41, 5.74) is 6.80. The van der Waals surface area contributed by atoms with Crippen LogP contribution in [0.3, 0.4) is 0 Å². The lowest BCUT2D eigenvalue weighted by Crippen LogP contribution is -2.42. The molecule has 1 aliphatic heterocycles. The number of carbonyl (C=O) groups excluding carboxylic acids is 1. The lowest BCUT2D eigenvalue weighted by molar-refractivity contribution is -0.118. The van der Waals surface area contributed by atoms with E-state index in [-0.39, 0.29) is 35.1 Å². The Labute approximate surface area is 187 Å². The summed E-state index contributed by atoms with van der Waals surface area (Å²) in [6.07, 6.45) is 3.63. The molecule has 180 valence electrons. The van der Waals surface area contributed by atoms with Crippen LogP contribution >= 0.6 is 0 Å². The van der Waals surface area contributed by atoms with E-state index < -0.39 is 29.0 Å². The largest absolute Gasteiger partial charge is 0.394 e. The smallest absolute Gasteiger partial charge is 0.251 e. The highest BCUT2D eigenvalue weighted by molar-refractivity contribution is 7.89. The van der Waals surface area contributed by atoms with Crippen LogP contribution in [0.25, 0.3) is 0 Å². The Hall–Kier alpha value is -1.82. The van der Waals surface area contributed by atoms with Crippen LogP contribution in [0.2, 0.25) is 0 Å². The van der Waals surface area contributed by atoms with Crippen molar-refractivity contribution in [2.45, 2.75) is 68.4 Å². The number of sulfonamides is 1. The van der Waals surface area contributed by atoms with Gasteiger partial charge in [-0.1, -0.05) is 19.3 Å². The second-order valence-corrected chi connectivity index (χ2v) is 10.2. The van der Waals surface area contributed by atoms with E-state index in [0.29, 0.717) is 18.7 Å². The number of nitrogens with two attached hydrogens (primary N) is 1. The van der Waals surface area contributed by atoms with Crippen LogP contribution in [0.4, 0.5) is 20.2 Å². The van der Waals surface area contributed by atoms with Gasteiger partial charge >= 0.3 is 0 Å². The van der Waals surface area contributed by atoms with Crippen molar-refractivity contribution in [3.8, 4) is 0 Å². The topological polar surface area (TPSA) is 125 Å². The molecule has 8 nitrogen and oxygen atoms in total. The number of halogens is 2. The fourth-order valence-corrected chi connectivity index (χ4v) is 5.77. The van der Waals surface area contributed by atoms with Gasteiger partial charge in [-0.25, -0.2) is 21.9 Å². The molecule has 1 saturated heterocycles. The molecule has 1 saturated carbocycles. The van der Waals surface area contributed by atoms with Crippen molar-refractivity contribution in [1.29, 1.82) is 0 Å². The Morgan fingerprint density at radius 1 is 1.19 bits per heavy atom. The number of benzene rings is 1. The van der Waals surface area contributed by atoms with Crippen LogP contribution in [0.15, 0.2) is 23.1 Å². The zero-order valence-corrected chi connectivity index (χ0v) is 18.8. The summed E-state index contributed by atoms with van der Waals surface area (Å²) in [7, 11) is -4.22. The molecule has 2 aliphatic rings. The normalized spacial score (nSPS) is 21.2. The first-order valence-electron chi connectivity index (χ1n) is 11.1. The van der Waals surface area contributed by atoms with E-state index in [1.807, 2.05) is 4.72 Å². The molecule has 2 atom stereocenters. The Balaban J connectivity index is 1.87. The van der Waals surface area contributed by atoms with Crippen molar-refractivity contribution in [1.82, 2.24) is 4.72 Å². The van der Waals surface area contributed by atoms with Gasteiger partial charge in [0.1, 0.15) is 4.90 Å². The van der Waals surface area contributed by atoms with Crippen molar-refractivity contribution in [2.24, 2.45) is 11.7 Å². The molecule has 1 heterocycles. The third kappa shape index (κ3) is 5.94. The highest BCUT2D eigenvalue weighted by atomic mass is 32.2. The van der Waals surface area contributed by atoms with Crippen molar-refractivity contribution in [3.05, 3.63) is 18.2 Å². The van der Waals surface area contributed by atoms with Crippen LogP contribution in [-0.2, 0) is 14.8 Å². The first-order chi connectivity index (χ1) is 15.2. The highest BCUT2D eigenvalue weighted by Crippen LogP contribution is 2.34. The van der Waals surface area contributed by atoms with Gasteiger partial charge in [0.15, 0.2) is 0 Å². The third-order valence-corrected chi connectivity index (χ3v) is 7.77. The zero-order chi connectivity index (χ0) is 23.3. The standard InChI is InChI=1S/C21H32F2N4O4S/c22-19(23)12-25-32(30,31)18-9-8-15(11-17(18)27-10-4-7-16(27)13-28)26-21(29)20(24)14-5-2-1-3-6-14/h8-9,11,14,16,19-20,25,28H,1-7,10,12-13,24H2,(H,26,29)/t16-,20+/m1/s1. The minimum atomic E-state index is -4.22. The molecule has 32 heavy (non-hydrogen) atoms. The molecule has 2 fully saturated rings. The van der Waals surface area contributed by atoms with Crippen molar-refractivity contribution in [2.75, 3.05) is 29.9 Å². The van der Waals surface area contributed by atoms with E-state index in [0.717, 1.165) is 38.5 Å². The monoisotopic (exact) mass is 474 g/mol. The Morgan fingerprint density at radius 2 is 1.91 bits per heavy atom. The van der Waals surface area contributed by atoms with Gasteiger partial charge in [-0.05, 0) is 49.8 Å². The summed E-state index contributed by atoms with van der Waals surface area (Å²) in [6, 6.07) is 3.27. The molecule has 0 aromatic heterocycles. The Morgan fingerprint density at radius 3 is 2.56 bits per heavy atom. The second-order valence-electron chi connectivity index (χ2n) is 8.51. The van der Waals surface area contributed by atoms with E-state index >= 15 is 0 Å². The van der Waals surface area contributed by atoms with Gasteiger partial charge in [-0.2, -0.15) is 0 Å². The molecule has 11 heteroatoms. The summed E-state index contributed by atoms with van der Waals surface area (Å²) in [4.78, 5) is 14.3. The van der Waals surface area contributed by atoms with E-state index in [1.54, 1.807) is 4.90 Å². The molecule has 1 aromatic rings. The number of aliphatic hydroxyl groups is 1. The van der Waals surface area contributed by atoms with E-state index in [9.17, 15) is 27.1 Å². The molecule has 0 bridgehead atoms. The summed E-state index contributed by atoms with van der Waals surface area (Å²) in [5, 5.41) is 12.5. The van der Waals surface area contributed by atoms with Gasteiger partial charge in [0.2, 0.25) is 15.9 Å². The Bertz CT molecular complexity index is 894. The van der Waals surface area contributed by atoms with Crippen molar-refractivity contribution >= 4 is 27.3 Å². The number of nitrogens with one attached hydrogen (secondary N) is 2. The van der Waals surface area contributed by atoms with Crippen LogP contribution in [0, 0.1) is 5.92 Å². The van der Waals surface area contributed by atoms with E-state index in [4.69, 9.17) is 5.73 Å². The summed E-state index contributed by atoms with van der Waals surface area (Å²) < 4.78 is 52.6. The number of anilines is 2. The summed E-state index contributed by atoms with van der Waals surface area (Å²) in [5.74, 6) is -0.229. The van der Waals surface area contributed by atoms with Crippen LogP contribution in [0.5, 0.6) is 0 Å². The number of amides is 1. The predicted octanol–water partition coefficient (Wildman–Crippen LogP) is 2.04. The quantitative estimate of drug-likeness (QED) is 0.434. The van der Waals surface area contributed by atoms with Crippen LogP contribution < -0.4 is 20.7 Å². The number of rotatable bonds is 9. The van der Waals surface area contributed by atoms with Gasteiger partial charge in [-0.15, -0.1) is 0 Å². The number of aliphatic hydroxyl groups excluding tert-OH is 1. The van der Waals surface area contributed by atoms with Gasteiger partial charge in [0.25, 0.3) is 6.43 Å². The van der Waals surface area contributed by atoms with Gasteiger partial charge in [0, 0.05) is 12.2 Å². The average molecular weight is 475 g/mol. The molecule has 0 unspecified atom stereocenters. The van der Waals surface area contributed by atoms with Crippen molar-refractivity contribution < 1.29 is 27.1 Å². The molecule has 3 rings (SSSR count). The van der Waals surface area contributed by atoms with E-state index in [1.165, 1.54) is 18.2 Å². The molecule has 5 N–H and O–H groups in total. The summed E-state index contributed by atoms with van der Waals surface area (Å²) in [6.45, 7) is -0.672. The van der Waals surface area contributed by atoms with Gasteiger partial charge < -0.3 is 21.1 Å². The fraction of sp³-hybridized carbons (Fsp3) is 0.667.